The number of pyridine rings is 1. The summed E-state index contributed by atoms with van der Waals surface area (Å²) in [4.78, 5) is 28.8. The first-order valence-corrected chi connectivity index (χ1v) is 10.9. The van der Waals surface area contributed by atoms with E-state index in [-0.39, 0.29) is 12.8 Å². The number of aryl methyl sites for hydroxylation is 1. The minimum atomic E-state index is -1.26. The molecule has 0 bridgehead atoms. The Labute approximate surface area is 195 Å². The monoisotopic (exact) mass is 452 g/mol. The van der Waals surface area contributed by atoms with Crippen molar-refractivity contribution in [3.63, 3.8) is 0 Å². The molecule has 0 aliphatic carbocycles. The van der Waals surface area contributed by atoms with Crippen LogP contribution in [0.3, 0.4) is 0 Å². The molecule has 2 aromatic rings. The van der Waals surface area contributed by atoms with Crippen LogP contribution in [0.25, 0.3) is 11.1 Å². The van der Waals surface area contributed by atoms with Crippen LogP contribution in [0.1, 0.15) is 42.9 Å². The van der Waals surface area contributed by atoms with Gasteiger partial charge in [0.25, 0.3) is 0 Å². The van der Waals surface area contributed by atoms with Crippen LogP contribution in [0.5, 0.6) is 5.75 Å². The van der Waals surface area contributed by atoms with Gasteiger partial charge in [-0.05, 0) is 43.0 Å². The number of nitrogens with one attached hydrogen (secondary N) is 1. The predicted molar refractivity (Wildman–Crippen MR) is 128 cm³/mol. The van der Waals surface area contributed by atoms with Gasteiger partial charge in [-0.2, -0.15) is 0 Å². The van der Waals surface area contributed by atoms with Crippen LogP contribution in [0.15, 0.2) is 62.0 Å². The van der Waals surface area contributed by atoms with Crippen molar-refractivity contribution >= 4 is 11.9 Å². The van der Waals surface area contributed by atoms with Crippen LogP contribution >= 0.6 is 0 Å². The molecule has 7 heteroatoms. The summed E-state index contributed by atoms with van der Waals surface area (Å²) in [6, 6.07) is 6.96. The molecule has 0 aliphatic heterocycles. The summed E-state index contributed by atoms with van der Waals surface area (Å²) < 4.78 is 10.8. The largest absolute Gasteiger partial charge is 0.493 e. The second-order valence-corrected chi connectivity index (χ2v) is 7.62. The topological polar surface area (TPSA) is 97.8 Å². The van der Waals surface area contributed by atoms with Gasteiger partial charge in [0, 0.05) is 29.9 Å². The molecule has 0 radical (unpaired) electrons. The van der Waals surface area contributed by atoms with Crippen LogP contribution in [0.2, 0.25) is 0 Å². The van der Waals surface area contributed by atoms with E-state index < -0.39 is 24.0 Å². The van der Waals surface area contributed by atoms with Crippen molar-refractivity contribution in [2.75, 3.05) is 13.7 Å². The van der Waals surface area contributed by atoms with E-state index in [1.807, 2.05) is 37.3 Å². The lowest BCUT2D eigenvalue weighted by molar-refractivity contribution is -0.141. The lowest BCUT2D eigenvalue weighted by Gasteiger charge is -2.21. The third-order valence-electron chi connectivity index (χ3n) is 5.10. The molecule has 0 aliphatic rings. The van der Waals surface area contributed by atoms with Crippen molar-refractivity contribution in [1.82, 2.24) is 10.3 Å². The quantitative estimate of drug-likeness (QED) is 0.270. The van der Waals surface area contributed by atoms with E-state index in [0.717, 1.165) is 35.3 Å². The van der Waals surface area contributed by atoms with Gasteiger partial charge < -0.3 is 19.9 Å². The van der Waals surface area contributed by atoms with Crippen LogP contribution in [-0.2, 0) is 14.3 Å². The molecule has 0 spiro atoms. The maximum atomic E-state index is 12.4. The number of methoxy groups -OCH3 is 1. The average Bonchev–Trinajstić information content (AvgIpc) is 2.81. The molecule has 2 rings (SSSR count). The first-order valence-electron chi connectivity index (χ1n) is 10.9. The van der Waals surface area contributed by atoms with E-state index in [9.17, 15) is 14.7 Å². The molecule has 1 heterocycles. The first-order chi connectivity index (χ1) is 15.9. The van der Waals surface area contributed by atoms with Gasteiger partial charge in [0.05, 0.1) is 26.2 Å². The maximum absolute atomic E-state index is 12.4. The van der Waals surface area contributed by atoms with Crippen molar-refractivity contribution in [2.45, 2.75) is 44.8 Å². The highest BCUT2D eigenvalue weighted by Gasteiger charge is 2.23. The minimum Gasteiger partial charge on any atom is -0.493 e. The van der Waals surface area contributed by atoms with Gasteiger partial charge >= 0.3 is 5.97 Å². The second-order valence-electron chi connectivity index (χ2n) is 7.62. The van der Waals surface area contributed by atoms with Crippen molar-refractivity contribution in [3.8, 4) is 16.9 Å². The SMILES string of the molecule is C=CCCCOc1cccc(C)c1-c1cncc([C@H](CC(=O)OC)NC(=O)[C@H](O)CC=C)c1. The number of ether oxygens (including phenoxy) is 2. The zero-order valence-electron chi connectivity index (χ0n) is 19.3. The van der Waals surface area contributed by atoms with Gasteiger partial charge in [0.15, 0.2) is 0 Å². The van der Waals surface area contributed by atoms with Gasteiger partial charge in [-0.1, -0.05) is 24.3 Å². The van der Waals surface area contributed by atoms with Crippen LogP contribution in [0.4, 0.5) is 0 Å². The number of aliphatic hydroxyl groups excluding tert-OH is 1. The van der Waals surface area contributed by atoms with Gasteiger partial charge in [-0.25, -0.2) is 0 Å². The normalized spacial score (nSPS) is 12.3. The zero-order chi connectivity index (χ0) is 24.2. The number of esters is 1. The lowest BCUT2D eigenvalue weighted by Crippen LogP contribution is -2.38. The van der Waals surface area contributed by atoms with E-state index in [0.29, 0.717) is 12.2 Å². The van der Waals surface area contributed by atoms with Gasteiger partial charge in [0.1, 0.15) is 11.9 Å². The van der Waals surface area contributed by atoms with Crippen molar-refractivity contribution in [2.24, 2.45) is 0 Å². The summed E-state index contributed by atoms with van der Waals surface area (Å²) in [6.07, 6.45) is 7.07. The van der Waals surface area contributed by atoms with Gasteiger partial charge in [-0.3, -0.25) is 14.6 Å². The number of rotatable bonds is 13. The van der Waals surface area contributed by atoms with Crippen molar-refractivity contribution in [1.29, 1.82) is 0 Å². The van der Waals surface area contributed by atoms with Crippen LogP contribution in [-0.4, -0.2) is 41.8 Å². The van der Waals surface area contributed by atoms with Crippen molar-refractivity contribution < 1.29 is 24.2 Å². The van der Waals surface area contributed by atoms with E-state index in [1.54, 1.807) is 12.4 Å². The molecular weight excluding hydrogens is 420 g/mol. The van der Waals surface area contributed by atoms with E-state index in [1.165, 1.54) is 13.2 Å². The number of carbonyl (C=O) groups excluding carboxylic acids is 2. The Hall–Kier alpha value is -3.45. The number of allylic oxidation sites excluding steroid dienone is 1. The number of benzene rings is 1. The molecule has 2 N–H and O–H groups in total. The fourth-order valence-electron chi connectivity index (χ4n) is 3.36. The third-order valence-corrected chi connectivity index (χ3v) is 5.10. The van der Waals surface area contributed by atoms with E-state index in [4.69, 9.17) is 9.47 Å². The summed E-state index contributed by atoms with van der Waals surface area (Å²) in [6.45, 7) is 9.80. The number of aromatic nitrogens is 1. The molecule has 33 heavy (non-hydrogen) atoms. The molecule has 0 saturated heterocycles. The fraction of sp³-hybridized carbons (Fsp3) is 0.346. The summed E-state index contributed by atoms with van der Waals surface area (Å²) in [5.41, 5.74) is 3.29. The summed E-state index contributed by atoms with van der Waals surface area (Å²) in [5, 5.41) is 12.7. The van der Waals surface area contributed by atoms with E-state index in [2.05, 4.69) is 23.5 Å². The number of unbranched alkanes of at least 4 members (excludes halogenated alkanes) is 1. The Balaban J connectivity index is 2.38. The van der Waals surface area contributed by atoms with Crippen LogP contribution in [0, 0.1) is 6.92 Å². The molecule has 1 aromatic heterocycles. The molecule has 7 nitrogen and oxygen atoms in total. The standard InChI is InChI=1S/C26H32N2O5/c1-5-7-8-13-33-23-12-9-11-18(3)25(23)20-14-19(16-27-17-20)21(15-24(30)32-4)28-26(31)22(29)10-6-2/h5-6,9,11-12,14,16-17,21-22,29H,1-2,7-8,10,13,15H2,3-4H3,(H,28,31)/t21-,22+/m0/s1. The molecule has 0 unspecified atom stereocenters. The Morgan fingerprint density at radius 1 is 1.24 bits per heavy atom. The van der Waals surface area contributed by atoms with Crippen molar-refractivity contribution in [3.05, 3.63) is 73.1 Å². The predicted octanol–water partition coefficient (Wildman–Crippen LogP) is 4.06. The number of hydrogen-bond acceptors (Lipinski definition) is 6. The Bertz CT molecular complexity index is 973. The number of carbonyl (C=O) groups is 2. The second kappa shape index (κ2) is 13.2. The van der Waals surface area contributed by atoms with Gasteiger partial charge in [0.2, 0.25) is 5.91 Å². The minimum absolute atomic E-state index is 0.102. The molecule has 0 fully saturated rings. The third kappa shape index (κ3) is 7.57. The number of amides is 1. The lowest BCUT2D eigenvalue weighted by atomic mass is 9.97. The highest BCUT2D eigenvalue weighted by Crippen LogP contribution is 2.34. The first kappa shape index (κ1) is 25.8. The molecule has 1 aromatic carbocycles. The molecule has 2 atom stereocenters. The van der Waals surface area contributed by atoms with E-state index >= 15 is 0 Å². The Kier molecular flexibility index (Phi) is 10.3. The number of nitrogens with zero attached hydrogens (tertiary/aromatic N) is 1. The molecule has 176 valence electrons. The maximum Gasteiger partial charge on any atom is 0.307 e. The highest BCUT2D eigenvalue weighted by molar-refractivity contribution is 5.82. The number of aliphatic hydroxyl groups is 1. The summed E-state index contributed by atoms with van der Waals surface area (Å²) in [7, 11) is 1.28. The highest BCUT2D eigenvalue weighted by atomic mass is 16.5. The molecule has 1 amide bonds. The molecule has 0 saturated carbocycles. The Morgan fingerprint density at radius 2 is 2.03 bits per heavy atom. The molecular formula is C26H32N2O5. The van der Waals surface area contributed by atoms with Crippen LogP contribution < -0.4 is 10.1 Å². The fourth-order valence-corrected chi connectivity index (χ4v) is 3.36. The smallest absolute Gasteiger partial charge is 0.307 e. The number of hydrogen-bond donors (Lipinski definition) is 2. The Morgan fingerprint density at radius 3 is 2.73 bits per heavy atom. The van der Waals surface area contributed by atoms with Gasteiger partial charge in [-0.15, -0.1) is 13.2 Å². The summed E-state index contributed by atoms with van der Waals surface area (Å²) >= 11 is 0. The average molecular weight is 453 g/mol. The summed E-state index contributed by atoms with van der Waals surface area (Å²) in [5.74, 6) is -0.365. The zero-order valence-corrected chi connectivity index (χ0v) is 19.3.